The standard InChI is InChI=1S/C19H16F2O3/c1-23-16-9-5-13(18(20)11-16)3-7-15(22)8-4-14-6-10-17(24-2)12-19(14)21/h3-12H,1-2H3/b7-3+,8-4+. The average Bonchev–Trinajstić information content (AvgIpc) is 2.59. The lowest BCUT2D eigenvalue weighted by Crippen LogP contribution is -1.90. The Hall–Kier alpha value is -2.95. The number of benzene rings is 2. The second-order valence-corrected chi connectivity index (χ2v) is 4.84. The van der Waals surface area contributed by atoms with Crippen molar-refractivity contribution < 1.29 is 23.0 Å². The molecular weight excluding hydrogens is 314 g/mol. The third kappa shape index (κ3) is 4.52. The number of ether oxygens (including phenoxy) is 2. The van der Waals surface area contributed by atoms with Crippen LogP contribution in [0.2, 0.25) is 0 Å². The van der Waals surface area contributed by atoms with E-state index in [1.165, 1.54) is 62.8 Å². The number of hydrogen-bond acceptors (Lipinski definition) is 3. The van der Waals surface area contributed by atoms with Crippen molar-refractivity contribution in [3.8, 4) is 11.5 Å². The zero-order valence-corrected chi connectivity index (χ0v) is 13.3. The van der Waals surface area contributed by atoms with E-state index in [9.17, 15) is 13.6 Å². The quantitative estimate of drug-likeness (QED) is 0.742. The molecule has 0 aliphatic heterocycles. The van der Waals surface area contributed by atoms with E-state index in [0.29, 0.717) is 11.5 Å². The van der Waals surface area contributed by atoms with Crippen molar-refractivity contribution in [2.75, 3.05) is 14.2 Å². The van der Waals surface area contributed by atoms with Crippen molar-refractivity contribution in [3.05, 3.63) is 71.3 Å². The van der Waals surface area contributed by atoms with E-state index in [0.717, 1.165) is 0 Å². The van der Waals surface area contributed by atoms with Gasteiger partial charge in [-0.3, -0.25) is 4.79 Å². The molecule has 24 heavy (non-hydrogen) atoms. The Balaban J connectivity index is 2.07. The zero-order valence-electron chi connectivity index (χ0n) is 13.3. The van der Waals surface area contributed by atoms with Crippen LogP contribution in [0.1, 0.15) is 11.1 Å². The number of ketones is 1. The third-order valence-corrected chi connectivity index (χ3v) is 3.27. The minimum Gasteiger partial charge on any atom is -0.497 e. The molecule has 0 unspecified atom stereocenters. The van der Waals surface area contributed by atoms with Crippen molar-refractivity contribution in [1.29, 1.82) is 0 Å². The Labute approximate surface area is 138 Å². The van der Waals surface area contributed by atoms with Gasteiger partial charge in [-0.25, -0.2) is 8.78 Å². The molecule has 0 aliphatic carbocycles. The van der Waals surface area contributed by atoms with Crippen LogP contribution in [0.4, 0.5) is 8.78 Å². The van der Waals surface area contributed by atoms with Crippen LogP contribution in [0.3, 0.4) is 0 Å². The van der Waals surface area contributed by atoms with E-state index in [1.807, 2.05) is 0 Å². The number of carbonyl (C=O) groups is 1. The van der Waals surface area contributed by atoms with Crippen LogP contribution in [0.15, 0.2) is 48.6 Å². The van der Waals surface area contributed by atoms with Crippen LogP contribution in [-0.2, 0) is 4.79 Å². The molecule has 0 heterocycles. The Bertz CT molecular complexity index is 730. The van der Waals surface area contributed by atoms with Crippen LogP contribution in [0.25, 0.3) is 12.2 Å². The molecule has 0 spiro atoms. The van der Waals surface area contributed by atoms with E-state index in [-0.39, 0.29) is 16.9 Å². The Morgan fingerprint density at radius 2 is 1.25 bits per heavy atom. The van der Waals surface area contributed by atoms with Crippen LogP contribution >= 0.6 is 0 Å². The molecule has 0 radical (unpaired) electrons. The second-order valence-electron chi connectivity index (χ2n) is 4.84. The van der Waals surface area contributed by atoms with Gasteiger partial charge in [0.2, 0.25) is 0 Å². The highest BCUT2D eigenvalue weighted by molar-refractivity contribution is 6.04. The van der Waals surface area contributed by atoms with Gasteiger partial charge in [-0.05, 0) is 48.6 Å². The van der Waals surface area contributed by atoms with Gasteiger partial charge < -0.3 is 9.47 Å². The number of rotatable bonds is 6. The first-order valence-electron chi connectivity index (χ1n) is 7.10. The minimum absolute atomic E-state index is 0.258. The van der Waals surface area contributed by atoms with E-state index in [4.69, 9.17) is 9.47 Å². The van der Waals surface area contributed by atoms with Crippen molar-refractivity contribution >= 4 is 17.9 Å². The highest BCUT2D eigenvalue weighted by Crippen LogP contribution is 2.18. The first-order valence-corrected chi connectivity index (χ1v) is 7.10. The maximum Gasteiger partial charge on any atom is 0.178 e. The average molecular weight is 330 g/mol. The van der Waals surface area contributed by atoms with Crippen LogP contribution in [-0.4, -0.2) is 20.0 Å². The molecule has 0 aliphatic rings. The summed E-state index contributed by atoms with van der Waals surface area (Å²) in [5, 5.41) is 0. The first-order chi connectivity index (χ1) is 11.5. The number of halogens is 2. The van der Waals surface area contributed by atoms with Crippen molar-refractivity contribution in [3.63, 3.8) is 0 Å². The van der Waals surface area contributed by atoms with Crippen LogP contribution in [0, 0.1) is 11.6 Å². The summed E-state index contributed by atoms with van der Waals surface area (Å²) in [4.78, 5) is 11.8. The summed E-state index contributed by atoms with van der Waals surface area (Å²) in [6.45, 7) is 0. The normalized spacial score (nSPS) is 11.2. The summed E-state index contributed by atoms with van der Waals surface area (Å²) >= 11 is 0. The Morgan fingerprint density at radius 1 is 0.833 bits per heavy atom. The van der Waals surface area contributed by atoms with Crippen molar-refractivity contribution in [2.24, 2.45) is 0 Å². The van der Waals surface area contributed by atoms with Gasteiger partial charge in [0.25, 0.3) is 0 Å². The summed E-state index contributed by atoms with van der Waals surface area (Å²) in [6, 6.07) is 8.65. The number of hydrogen-bond donors (Lipinski definition) is 0. The smallest absolute Gasteiger partial charge is 0.178 e. The summed E-state index contributed by atoms with van der Waals surface area (Å²) in [6.07, 6.45) is 5.13. The maximum absolute atomic E-state index is 13.7. The lowest BCUT2D eigenvalue weighted by molar-refractivity contribution is -0.110. The molecule has 0 saturated heterocycles. The van der Waals surface area contributed by atoms with Gasteiger partial charge in [0.05, 0.1) is 14.2 Å². The fourth-order valence-corrected chi connectivity index (χ4v) is 1.94. The maximum atomic E-state index is 13.7. The Morgan fingerprint density at radius 3 is 1.58 bits per heavy atom. The minimum atomic E-state index is -0.497. The largest absolute Gasteiger partial charge is 0.497 e. The van der Waals surface area contributed by atoms with Crippen LogP contribution in [0.5, 0.6) is 11.5 Å². The molecule has 2 aromatic rings. The molecule has 2 rings (SSSR count). The van der Waals surface area contributed by atoms with Gasteiger partial charge in [-0.2, -0.15) is 0 Å². The molecule has 0 atom stereocenters. The lowest BCUT2D eigenvalue weighted by Gasteiger charge is -2.01. The van der Waals surface area contributed by atoms with Gasteiger partial charge in [-0.1, -0.05) is 0 Å². The second kappa shape index (κ2) is 8.06. The summed E-state index contributed by atoms with van der Waals surface area (Å²) in [5.74, 6) is -0.593. The summed E-state index contributed by atoms with van der Waals surface area (Å²) < 4.78 is 37.3. The molecule has 0 bridgehead atoms. The monoisotopic (exact) mass is 330 g/mol. The highest BCUT2D eigenvalue weighted by atomic mass is 19.1. The predicted octanol–water partition coefficient (Wildman–Crippen LogP) is 4.28. The number of methoxy groups -OCH3 is 2. The molecular formula is C19H16F2O3. The fourth-order valence-electron chi connectivity index (χ4n) is 1.94. The summed E-state index contributed by atoms with van der Waals surface area (Å²) in [5.41, 5.74) is 0.515. The van der Waals surface area contributed by atoms with E-state index in [1.54, 1.807) is 12.1 Å². The molecule has 3 nitrogen and oxygen atoms in total. The topological polar surface area (TPSA) is 35.5 Å². The summed E-state index contributed by atoms with van der Waals surface area (Å²) in [7, 11) is 2.88. The van der Waals surface area contributed by atoms with E-state index >= 15 is 0 Å². The molecule has 0 aromatic heterocycles. The number of carbonyl (C=O) groups excluding carboxylic acids is 1. The molecule has 0 amide bonds. The van der Waals surface area contributed by atoms with Crippen LogP contribution < -0.4 is 9.47 Å². The van der Waals surface area contributed by atoms with E-state index < -0.39 is 11.6 Å². The van der Waals surface area contributed by atoms with E-state index in [2.05, 4.69) is 0 Å². The van der Waals surface area contributed by atoms with Crippen molar-refractivity contribution in [2.45, 2.75) is 0 Å². The predicted molar refractivity (Wildman–Crippen MR) is 89.0 cm³/mol. The zero-order chi connectivity index (χ0) is 17.5. The van der Waals surface area contributed by atoms with Crippen molar-refractivity contribution in [1.82, 2.24) is 0 Å². The number of allylic oxidation sites excluding steroid dienone is 2. The van der Waals surface area contributed by atoms with Gasteiger partial charge in [0.1, 0.15) is 23.1 Å². The SMILES string of the molecule is COc1ccc(/C=C/C(=O)/C=C/c2ccc(OC)cc2F)c(F)c1. The van der Waals surface area contributed by atoms with Gasteiger partial charge in [0.15, 0.2) is 5.78 Å². The Kier molecular flexibility index (Phi) is 5.84. The molecule has 0 fully saturated rings. The molecule has 0 saturated carbocycles. The fraction of sp³-hybridized carbons (Fsp3) is 0.105. The third-order valence-electron chi connectivity index (χ3n) is 3.27. The highest BCUT2D eigenvalue weighted by Gasteiger charge is 2.03. The van der Waals surface area contributed by atoms with Gasteiger partial charge in [-0.15, -0.1) is 0 Å². The lowest BCUT2D eigenvalue weighted by atomic mass is 10.1. The van der Waals surface area contributed by atoms with Gasteiger partial charge in [0, 0.05) is 23.3 Å². The molecule has 2 aromatic carbocycles. The molecule has 5 heteroatoms. The first kappa shape index (κ1) is 17.4. The van der Waals surface area contributed by atoms with Gasteiger partial charge >= 0.3 is 0 Å². The molecule has 124 valence electrons. The molecule has 0 N–H and O–H groups in total.